The Balaban J connectivity index is 0. The number of nitrogens with zero attached hydrogens (tertiary/aromatic N) is 1. The summed E-state index contributed by atoms with van der Waals surface area (Å²) in [6, 6.07) is 8.36. The molecule has 1 aromatic rings. The van der Waals surface area contributed by atoms with Gasteiger partial charge in [-0.2, -0.15) is 0 Å². The molecule has 23 heavy (non-hydrogen) atoms. The number of rotatable bonds is 7. The molecule has 0 bridgehead atoms. The Morgan fingerprint density at radius 1 is 1.09 bits per heavy atom. The van der Waals surface area contributed by atoms with Crippen molar-refractivity contribution in [2.75, 3.05) is 26.7 Å². The number of hydrogen-bond acceptors (Lipinski definition) is 3. The average Bonchev–Trinajstić information content (AvgIpc) is 2.94. The van der Waals surface area contributed by atoms with Gasteiger partial charge in [0, 0.05) is 45.8 Å². The average molecular weight is 398 g/mol. The van der Waals surface area contributed by atoms with Crippen LogP contribution in [-0.4, -0.2) is 48.0 Å². The van der Waals surface area contributed by atoms with Crippen LogP contribution in [0.4, 0.5) is 0 Å². The van der Waals surface area contributed by atoms with Crippen LogP contribution < -0.4 is 0 Å². The van der Waals surface area contributed by atoms with Crippen LogP contribution in [0.3, 0.4) is 0 Å². The predicted molar refractivity (Wildman–Crippen MR) is 95.8 cm³/mol. The minimum absolute atomic E-state index is 0. The maximum Gasteiger partial charge on any atom is 0.0770 e. The van der Waals surface area contributed by atoms with Crippen molar-refractivity contribution in [3.8, 4) is 0 Å². The van der Waals surface area contributed by atoms with Gasteiger partial charge in [-0.05, 0) is 37.1 Å². The fourth-order valence-corrected chi connectivity index (χ4v) is 2.92. The van der Waals surface area contributed by atoms with Gasteiger partial charge in [0.2, 0.25) is 0 Å². The van der Waals surface area contributed by atoms with E-state index in [0.29, 0.717) is 0 Å². The summed E-state index contributed by atoms with van der Waals surface area (Å²) in [4.78, 5) is 2.37. The maximum absolute atomic E-state index is 10.5. The van der Waals surface area contributed by atoms with E-state index in [0.717, 1.165) is 39.6 Å². The molecule has 4 heteroatoms. The van der Waals surface area contributed by atoms with Crippen molar-refractivity contribution in [3.05, 3.63) is 48.9 Å². The molecule has 0 saturated heterocycles. The minimum Gasteiger partial charge on any atom is -0.400 e. The van der Waals surface area contributed by atoms with Gasteiger partial charge in [-0.3, -0.25) is 0 Å². The number of fused-ring (bicyclic) bond motifs is 1. The topological polar surface area (TPSA) is 43.7 Å². The van der Waals surface area contributed by atoms with Crippen molar-refractivity contribution >= 4 is 6.08 Å². The Morgan fingerprint density at radius 2 is 1.65 bits per heavy atom. The quantitative estimate of drug-likeness (QED) is 0.694. The van der Waals surface area contributed by atoms with Crippen LogP contribution in [0.15, 0.2) is 30.3 Å². The first-order chi connectivity index (χ1) is 10.3. The summed E-state index contributed by atoms with van der Waals surface area (Å²) in [5.74, 6) is 0.160. The van der Waals surface area contributed by atoms with Gasteiger partial charge < -0.3 is 22.5 Å². The summed E-state index contributed by atoms with van der Waals surface area (Å²) in [6.45, 7) is 7.30. The van der Waals surface area contributed by atoms with Crippen LogP contribution >= 0.6 is 0 Å². The van der Waals surface area contributed by atoms with Gasteiger partial charge >= 0.3 is 0 Å². The monoisotopic (exact) mass is 396 g/mol. The Labute approximate surface area is 161 Å². The zero-order valence-corrected chi connectivity index (χ0v) is 17.5. The van der Waals surface area contributed by atoms with Crippen LogP contribution in [0, 0.1) is 7.43 Å². The molecule has 2 atom stereocenters. The van der Waals surface area contributed by atoms with Gasteiger partial charge in [0.05, 0.1) is 6.10 Å². The number of hydrogen-bond donors (Lipinski definition) is 2. The van der Waals surface area contributed by atoms with Gasteiger partial charge in [0.1, 0.15) is 0 Å². The minimum atomic E-state index is -0.307. The van der Waals surface area contributed by atoms with E-state index in [1.807, 2.05) is 0 Å². The first kappa shape index (κ1) is 25.0. The zero-order chi connectivity index (χ0) is 15.7. The molecule has 0 radical (unpaired) electrons. The normalized spacial score (nSPS) is 15.8. The van der Waals surface area contributed by atoms with Crippen LogP contribution in [0.25, 0.3) is 6.08 Å². The van der Waals surface area contributed by atoms with Crippen molar-refractivity contribution in [2.24, 2.45) is 0 Å². The van der Waals surface area contributed by atoms with Gasteiger partial charge in [0.25, 0.3) is 0 Å². The molecule has 1 aliphatic carbocycles. The molecule has 130 valence electrons. The smallest absolute Gasteiger partial charge is 0.0770 e. The molecule has 0 fully saturated rings. The summed E-state index contributed by atoms with van der Waals surface area (Å²) in [7, 11) is 1.00. The molecule has 0 heterocycles. The molecular weight excluding hydrogens is 365 g/mol. The van der Waals surface area contributed by atoms with E-state index >= 15 is 0 Å². The van der Waals surface area contributed by atoms with Crippen LogP contribution in [-0.2, 0) is 26.2 Å². The van der Waals surface area contributed by atoms with Crippen molar-refractivity contribution in [2.45, 2.75) is 38.7 Å². The molecule has 1 aromatic carbocycles. The molecule has 0 aromatic heterocycles. The van der Waals surface area contributed by atoms with E-state index in [4.69, 9.17) is 5.11 Å². The van der Waals surface area contributed by atoms with E-state index in [9.17, 15) is 5.11 Å². The van der Waals surface area contributed by atoms with Crippen LogP contribution in [0.2, 0.25) is 0 Å². The van der Waals surface area contributed by atoms with Crippen molar-refractivity contribution in [1.29, 1.82) is 0 Å². The Morgan fingerprint density at radius 3 is 2.22 bits per heavy atom. The number of benzene rings is 1. The fraction of sp³-hybridized carbons (Fsp3) is 0.526. The van der Waals surface area contributed by atoms with Crippen molar-refractivity contribution in [3.63, 3.8) is 0 Å². The summed E-state index contributed by atoms with van der Waals surface area (Å²) < 4.78 is 0. The third kappa shape index (κ3) is 7.43. The largest absolute Gasteiger partial charge is 0.400 e. The van der Waals surface area contributed by atoms with Crippen molar-refractivity contribution in [1.82, 2.24) is 4.90 Å². The molecule has 2 rings (SSSR count). The molecule has 0 saturated carbocycles. The standard InChI is InChI=1S/C17H25NO.CH4O.CH3.Zr/c1-3-11-18(12-4-2)13-17(19)16-10-9-14-7-5-6-8-15(14)16;1-2;;/h5-10,16-17,19H,3-4,11-13H2,1-2H3;2H,1H3;1H3;/q;;-1;. The first-order valence-electron chi connectivity index (χ1n) is 7.88. The first-order valence-corrected chi connectivity index (χ1v) is 7.88. The zero-order valence-electron chi connectivity index (χ0n) is 15.0. The second-order valence-corrected chi connectivity index (χ2v) is 5.38. The molecule has 0 aliphatic heterocycles. The maximum atomic E-state index is 10.5. The van der Waals surface area contributed by atoms with Crippen LogP contribution in [0.5, 0.6) is 0 Å². The summed E-state index contributed by atoms with van der Waals surface area (Å²) in [5, 5.41) is 17.5. The molecule has 0 amide bonds. The fourth-order valence-electron chi connectivity index (χ4n) is 2.92. The predicted octanol–water partition coefficient (Wildman–Crippen LogP) is 3.34. The molecule has 2 N–H and O–H groups in total. The Hall–Kier alpha value is -0.277. The second kappa shape index (κ2) is 14.1. The summed E-state index contributed by atoms with van der Waals surface area (Å²) in [6.07, 6.45) is 6.25. The second-order valence-electron chi connectivity index (χ2n) is 5.38. The number of aliphatic hydroxyl groups excluding tert-OH is 2. The van der Waals surface area contributed by atoms with E-state index in [1.165, 1.54) is 11.1 Å². The van der Waals surface area contributed by atoms with Crippen molar-refractivity contribution < 1.29 is 36.4 Å². The van der Waals surface area contributed by atoms with Gasteiger partial charge in [-0.25, -0.2) is 0 Å². The Bertz CT molecular complexity index is 431. The molecule has 0 spiro atoms. The molecule has 3 nitrogen and oxygen atoms in total. The van der Waals surface area contributed by atoms with Crippen LogP contribution in [0.1, 0.15) is 43.7 Å². The molecule has 2 unspecified atom stereocenters. The molecular formula is C19H32NO2Zr-. The Kier molecular flexibility index (Phi) is 15.3. The van der Waals surface area contributed by atoms with Gasteiger partial charge in [-0.1, -0.05) is 50.3 Å². The number of aliphatic hydroxyl groups is 2. The third-order valence-electron chi connectivity index (χ3n) is 3.78. The van der Waals surface area contributed by atoms with Gasteiger partial charge in [-0.15, -0.1) is 0 Å². The third-order valence-corrected chi connectivity index (χ3v) is 3.78. The van der Waals surface area contributed by atoms with Gasteiger partial charge in [0.15, 0.2) is 0 Å². The SMILES string of the molecule is CCCN(CCC)CC(O)C1C=Cc2ccccc21.CO.[CH3-].[Zr]. The van der Waals surface area contributed by atoms with E-state index in [1.54, 1.807) is 0 Å². The summed E-state index contributed by atoms with van der Waals surface area (Å²) in [5.41, 5.74) is 2.52. The summed E-state index contributed by atoms with van der Waals surface area (Å²) >= 11 is 0. The van der Waals surface area contributed by atoms with E-state index in [-0.39, 0.29) is 45.7 Å². The molecule has 1 aliphatic rings. The van der Waals surface area contributed by atoms with E-state index < -0.39 is 0 Å². The van der Waals surface area contributed by atoms with E-state index in [2.05, 4.69) is 55.2 Å².